The molecule has 100 valence electrons. The SMILES string of the molecule is CCC(F)(F)CNC(=O)c1cc(N)cc(F)c1Cl. The van der Waals surface area contributed by atoms with Gasteiger partial charge in [0.25, 0.3) is 11.8 Å². The van der Waals surface area contributed by atoms with Crippen molar-refractivity contribution in [2.45, 2.75) is 19.3 Å². The molecule has 18 heavy (non-hydrogen) atoms. The van der Waals surface area contributed by atoms with Crippen molar-refractivity contribution in [1.29, 1.82) is 0 Å². The molecule has 0 bridgehead atoms. The highest BCUT2D eigenvalue weighted by Gasteiger charge is 2.27. The quantitative estimate of drug-likeness (QED) is 0.833. The molecule has 0 saturated carbocycles. The zero-order valence-electron chi connectivity index (χ0n) is 9.57. The Labute approximate surface area is 107 Å². The minimum Gasteiger partial charge on any atom is -0.399 e. The van der Waals surface area contributed by atoms with Crippen LogP contribution in [0.15, 0.2) is 12.1 Å². The highest BCUT2D eigenvalue weighted by molar-refractivity contribution is 6.34. The molecule has 0 aliphatic heterocycles. The summed E-state index contributed by atoms with van der Waals surface area (Å²) in [6, 6.07) is 2.07. The van der Waals surface area contributed by atoms with E-state index in [4.69, 9.17) is 17.3 Å². The molecule has 0 aromatic heterocycles. The number of hydrogen-bond acceptors (Lipinski definition) is 2. The van der Waals surface area contributed by atoms with E-state index in [0.717, 1.165) is 12.1 Å². The number of carbonyl (C=O) groups is 1. The Morgan fingerprint density at radius 2 is 2.11 bits per heavy atom. The van der Waals surface area contributed by atoms with Crippen molar-refractivity contribution in [2.24, 2.45) is 0 Å². The predicted molar refractivity (Wildman–Crippen MR) is 63.4 cm³/mol. The molecule has 0 radical (unpaired) electrons. The molecule has 7 heteroatoms. The third-order valence-electron chi connectivity index (χ3n) is 2.32. The molecule has 0 heterocycles. The molecule has 0 unspecified atom stereocenters. The third kappa shape index (κ3) is 3.53. The molecule has 0 fully saturated rings. The van der Waals surface area contributed by atoms with E-state index in [1.165, 1.54) is 6.92 Å². The highest BCUT2D eigenvalue weighted by atomic mass is 35.5. The van der Waals surface area contributed by atoms with Gasteiger partial charge in [-0.3, -0.25) is 4.79 Å². The van der Waals surface area contributed by atoms with Gasteiger partial charge in [-0.25, -0.2) is 13.2 Å². The number of halogens is 4. The molecular formula is C11H12ClF3N2O. The van der Waals surface area contributed by atoms with Gasteiger partial charge >= 0.3 is 0 Å². The molecule has 1 aromatic rings. The maximum Gasteiger partial charge on any atom is 0.264 e. The zero-order chi connectivity index (χ0) is 13.9. The van der Waals surface area contributed by atoms with Crippen LogP contribution in [0.5, 0.6) is 0 Å². The van der Waals surface area contributed by atoms with Crippen molar-refractivity contribution >= 4 is 23.2 Å². The smallest absolute Gasteiger partial charge is 0.264 e. The topological polar surface area (TPSA) is 55.1 Å². The number of rotatable bonds is 4. The largest absolute Gasteiger partial charge is 0.399 e. The van der Waals surface area contributed by atoms with Gasteiger partial charge in [0, 0.05) is 12.1 Å². The second-order valence-electron chi connectivity index (χ2n) is 3.76. The summed E-state index contributed by atoms with van der Waals surface area (Å²) in [7, 11) is 0. The third-order valence-corrected chi connectivity index (χ3v) is 2.70. The van der Waals surface area contributed by atoms with Gasteiger partial charge < -0.3 is 11.1 Å². The molecule has 3 N–H and O–H groups in total. The second kappa shape index (κ2) is 5.48. The minimum absolute atomic E-state index is 0.00991. The summed E-state index contributed by atoms with van der Waals surface area (Å²) in [5.74, 6) is -4.77. The van der Waals surface area contributed by atoms with Crippen molar-refractivity contribution in [2.75, 3.05) is 12.3 Å². The summed E-state index contributed by atoms with van der Waals surface area (Å²) in [4.78, 5) is 11.6. The number of benzene rings is 1. The zero-order valence-corrected chi connectivity index (χ0v) is 10.3. The number of carbonyl (C=O) groups excluding carboxylic acids is 1. The molecule has 0 aliphatic carbocycles. The van der Waals surface area contributed by atoms with Crippen molar-refractivity contribution in [3.8, 4) is 0 Å². The van der Waals surface area contributed by atoms with E-state index in [9.17, 15) is 18.0 Å². The Morgan fingerprint density at radius 3 is 2.67 bits per heavy atom. The van der Waals surface area contributed by atoms with Gasteiger partial charge in [-0.05, 0) is 12.1 Å². The second-order valence-corrected chi connectivity index (χ2v) is 4.13. The monoisotopic (exact) mass is 280 g/mol. The van der Waals surface area contributed by atoms with Crippen LogP contribution in [0.25, 0.3) is 0 Å². The first-order valence-corrected chi connectivity index (χ1v) is 5.55. The van der Waals surface area contributed by atoms with Crippen LogP contribution in [0.3, 0.4) is 0 Å². The van der Waals surface area contributed by atoms with Gasteiger partial charge in [-0.15, -0.1) is 0 Å². The van der Waals surface area contributed by atoms with Gasteiger partial charge in [-0.2, -0.15) is 0 Å². The fourth-order valence-electron chi connectivity index (χ4n) is 1.21. The summed E-state index contributed by atoms with van der Waals surface area (Å²) in [5, 5.41) is 1.55. The Bertz CT molecular complexity index is 466. The Balaban J connectivity index is 2.85. The van der Waals surface area contributed by atoms with E-state index in [2.05, 4.69) is 0 Å². The first-order valence-electron chi connectivity index (χ1n) is 5.17. The van der Waals surface area contributed by atoms with Gasteiger partial charge in [0.05, 0.1) is 17.1 Å². The molecule has 0 aliphatic rings. The fourth-order valence-corrected chi connectivity index (χ4v) is 1.40. The molecular weight excluding hydrogens is 269 g/mol. The Kier molecular flexibility index (Phi) is 4.45. The molecule has 0 saturated heterocycles. The molecule has 0 spiro atoms. The van der Waals surface area contributed by atoms with Crippen LogP contribution in [0, 0.1) is 5.82 Å². The molecule has 0 atom stereocenters. The highest BCUT2D eigenvalue weighted by Crippen LogP contribution is 2.23. The van der Waals surface area contributed by atoms with E-state index in [1.807, 2.05) is 5.32 Å². The van der Waals surface area contributed by atoms with Crippen LogP contribution in [0.2, 0.25) is 5.02 Å². The van der Waals surface area contributed by atoms with Crippen molar-refractivity contribution in [3.05, 3.63) is 28.5 Å². The summed E-state index contributed by atoms with van der Waals surface area (Å²) in [6.45, 7) is 0.453. The van der Waals surface area contributed by atoms with Gasteiger partial charge in [0.2, 0.25) is 0 Å². The number of nitrogen functional groups attached to an aromatic ring is 1. The Hall–Kier alpha value is -1.43. The van der Waals surface area contributed by atoms with Crippen LogP contribution < -0.4 is 11.1 Å². The average molecular weight is 281 g/mol. The molecule has 3 nitrogen and oxygen atoms in total. The maximum atomic E-state index is 13.2. The lowest BCUT2D eigenvalue weighted by atomic mass is 10.1. The number of alkyl halides is 2. The van der Waals surface area contributed by atoms with Crippen molar-refractivity contribution in [3.63, 3.8) is 0 Å². The minimum atomic E-state index is -3.01. The number of anilines is 1. The summed E-state index contributed by atoms with van der Waals surface area (Å²) in [5.41, 5.74) is 5.07. The van der Waals surface area contributed by atoms with Gasteiger partial charge in [-0.1, -0.05) is 18.5 Å². The van der Waals surface area contributed by atoms with E-state index in [1.54, 1.807) is 0 Å². The molecule has 1 amide bonds. The summed E-state index contributed by atoms with van der Waals surface area (Å²) < 4.78 is 39.1. The lowest BCUT2D eigenvalue weighted by Crippen LogP contribution is -2.36. The van der Waals surface area contributed by atoms with E-state index in [-0.39, 0.29) is 11.3 Å². The van der Waals surface area contributed by atoms with Crippen molar-refractivity contribution < 1.29 is 18.0 Å². The summed E-state index contributed by atoms with van der Waals surface area (Å²) in [6.07, 6.45) is -0.410. The summed E-state index contributed by atoms with van der Waals surface area (Å²) >= 11 is 5.57. The predicted octanol–water partition coefficient (Wildman–Crippen LogP) is 2.84. The van der Waals surface area contributed by atoms with Gasteiger partial charge in [0.1, 0.15) is 5.82 Å². The van der Waals surface area contributed by atoms with E-state index >= 15 is 0 Å². The first-order chi connectivity index (χ1) is 8.26. The standard InChI is InChI=1S/C11H12ClF3N2O/c1-2-11(14,15)5-17-10(18)7-3-6(16)4-8(13)9(7)12/h3-4H,2,5,16H2,1H3,(H,17,18). The van der Waals surface area contributed by atoms with Crippen molar-refractivity contribution in [1.82, 2.24) is 5.32 Å². The van der Waals surface area contributed by atoms with Crippen LogP contribution >= 0.6 is 11.6 Å². The van der Waals surface area contributed by atoms with Crippen LogP contribution in [-0.4, -0.2) is 18.4 Å². The lowest BCUT2D eigenvalue weighted by Gasteiger charge is -2.15. The average Bonchev–Trinajstić information content (AvgIpc) is 2.31. The van der Waals surface area contributed by atoms with E-state index < -0.39 is 35.6 Å². The van der Waals surface area contributed by atoms with E-state index in [0.29, 0.717) is 0 Å². The fraction of sp³-hybridized carbons (Fsp3) is 0.364. The van der Waals surface area contributed by atoms with Crippen LogP contribution in [0.1, 0.15) is 23.7 Å². The first kappa shape index (κ1) is 14.6. The lowest BCUT2D eigenvalue weighted by molar-refractivity contribution is -0.00101. The number of amides is 1. The van der Waals surface area contributed by atoms with Gasteiger partial charge in [0.15, 0.2) is 0 Å². The molecule has 1 rings (SSSR count). The number of nitrogens with two attached hydrogens (primary N) is 1. The Morgan fingerprint density at radius 1 is 1.50 bits per heavy atom. The normalized spacial score (nSPS) is 11.4. The molecule has 1 aromatic carbocycles. The van der Waals surface area contributed by atoms with Crippen LogP contribution in [0.4, 0.5) is 18.9 Å². The maximum absolute atomic E-state index is 13.2. The number of hydrogen-bond donors (Lipinski definition) is 2. The number of nitrogens with one attached hydrogen (secondary N) is 1. The van der Waals surface area contributed by atoms with Crippen LogP contribution in [-0.2, 0) is 0 Å².